The minimum atomic E-state index is -0.185. The number of benzene rings is 1. The van der Waals surface area contributed by atoms with Gasteiger partial charge >= 0.3 is 0 Å². The normalized spacial score (nSPS) is 14.1. The Morgan fingerprint density at radius 1 is 1.41 bits per heavy atom. The van der Waals surface area contributed by atoms with Crippen LogP contribution in [-0.2, 0) is 4.79 Å². The van der Waals surface area contributed by atoms with Gasteiger partial charge in [0, 0.05) is 10.9 Å². The van der Waals surface area contributed by atoms with Gasteiger partial charge in [-0.15, -0.1) is 11.8 Å². The van der Waals surface area contributed by atoms with Gasteiger partial charge in [-0.3, -0.25) is 4.79 Å². The predicted octanol–water partition coefficient (Wildman–Crippen LogP) is 2.72. The number of para-hydroxylation sites is 1. The van der Waals surface area contributed by atoms with Gasteiger partial charge in [0.05, 0.1) is 11.6 Å². The van der Waals surface area contributed by atoms with Crippen molar-refractivity contribution in [3.05, 3.63) is 24.3 Å². The summed E-state index contributed by atoms with van der Waals surface area (Å²) in [7, 11) is 0. The number of hydrogen-bond acceptors (Lipinski definition) is 3. The molecule has 0 aromatic heterocycles. The van der Waals surface area contributed by atoms with E-state index < -0.39 is 0 Å². The Hall–Kier alpha value is -1.00. The Morgan fingerprint density at radius 3 is 2.65 bits per heavy atom. The molecule has 94 valence electrons. The Morgan fingerprint density at radius 2 is 2.06 bits per heavy atom. The van der Waals surface area contributed by atoms with Crippen LogP contribution in [0.5, 0.6) is 0 Å². The molecule has 0 radical (unpaired) electrons. The second-order valence-corrected chi connectivity index (χ2v) is 5.37. The maximum absolute atomic E-state index is 11.9. The van der Waals surface area contributed by atoms with Gasteiger partial charge in [0.15, 0.2) is 0 Å². The third kappa shape index (κ3) is 4.06. The number of nitrogens with two attached hydrogens (primary N) is 1. The monoisotopic (exact) mass is 252 g/mol. The molecule has 1 amide bonds. The number of hydrogen-bond donors (Lipinski definition) is 2. The fourth-order valence-corrected chi connectivity index (χ4v) is 2.10. The van der Waals surface area contributed by atoms with Crippen LogP contribution in [-0.4, -0.2) is 17.7 Å². The Bertz CT molecular complexity index is 379. The lowest BCUT2D eigenvalue weighted by atomic mass is 10.0. The molecule has 17 heavy (non-hydrogen) atoms. The van der Waals surface area contributed by atoms with Crippen molar-refractivity contribution in [1.29, 1.82) is 0 Å². The first-order chi connectivity index (χ1) is 8.06. The van der Waals surface area contributed by atoms with Crippen molar-refractivity contribution in [3.8, 4) is 0 Å². The van der Waals surface area contributed by atoms with E-state index in [-0.39, 0.29) is 17.9 Å². The molecule has 0 saturated carbocycles. The molecule has 3 nitrogen and oxygen atoms in total. The maximum atomic E-state index is 11.9. The molecule has 0 bridgehead atoms. The second-order valence-electron chi connectivity index (χ2n) is 4.07. The van der Waals surface area contributed by atoms with Crippen LogP contribution < -0.4 is 11.1 Å². The van der Waals surface area contributed by atoms with Crippen LogP contribution in [0.1, 0.15) is 20.8 Å². The summed E-state index contributed by atoms with van der Waals surface area (Å²) in [5.41, 5.74) is 6.59. The summed E-state index contributed by atoms with van der Waals surface area (Å²) >= 11 is 1.72. The average molecular weight is 252 g/mol. The van der Waals surface area contributed by atoms with Crippen molar-refractivity contribution in [1.82, 2.24) is 0 Å². The smallest absolute Gasteiger partial charge is 0.228 e. The molecule has 0 aliphatic carbocycles. The van der Waals surface area contributed by atoms with Gasteiger partial charge < -0.3 is 11.1 Å². The lowest BCUT2D eigenvalue weighted by molar-refractivity contribution is -0.119. The standard InChI is InChI=1S/C13H20N2OS/c1-4-17-12-8-6-5-7-11(12)15-13(16)9(2)10(3)14/h5-10H,4,14H2,1-3H3,(H,15,16). The van der Waals surface area contributed by atoms with Gasteiger partial charge in [-0.2, -0.15) is 0 Å². The summed E-state index contributed by atoms with van der Waals surface area (Å²) in [6.45, 7) is 5.78. The van der Waals surface area contributed by atoms with Crippen molar-refractivity contribution >= 4 is 23.4 Å². The molecule has 1 rings (SSSR count). The largest absolute Gasteiger partial charge is 0.327 e. The zero-order valence-corrected chi connectivity index (χ0v) is 11.4. The van der Waals surface area contributed by atoms with Gasteiger partial charge in [0.2, 0.25) is 5.91 Å². The van der Waals surface area contributed by atoms with Crippen molar-refractivity contribution in [2.75, 3.05) is 11.1 Å². The molecule has 3 N–H and O–H groups in total. The number of carbonyl (C=O) groups excluding carboxylic acids is 1. The van der Waals surface area contributed by atoms with Gasteiger partial charge in [-0.25, -0.2) is 0 Å². The quantitative estimate of drug-likeness (QED) is 0.792. The molecule has 1 aromatic rings. The van der Waals surface area contributed by atoms with E-state index in [1.54, 1.807) is 11.8 Å². The summed E-state index contributed by atoms with van der Waals surface area (Å²) in [6.07, 6.45) is 0. The molecule has 0 heterocycles. The Labute approximate surface area is 107 Å². The highest BCUT2D eigenvalue weighted by atomic mass is 32.2. The number of thioether (sulfide) groups is 1. The molecule has 0 aliphatic rings. The summed E-state index contributed by atoms with van der Waals surface area (Å²) in [5, 5.41) is 2.94. The van der Waals surface area contributed by atoms with Crippen molar-refractivity contribution in [2.24, 2.45) is 11.7 Å². The molecule has 0 saturated heterocycles. The van der Waals surface area contributed by atoms with E-state index in [4.69, 9.17) is 5.73 Å². The molecule has 1 aromatic carbocycles. The van der Waals surface area contributed by atoms with Crippen LogP contribution >= 0.6 is 11.8 Å². The molecule has 2 atom stereocenters. The van der Waals surface area contributed by atoms with Crippen LogP contribution in [0.3, 0.4) is 0 Å². The average Bonchev–Trinajstić information content (AvgIpc) is 2.30. The van der Waals surface area contributed by atoms with Crippen LogP contribution in [0.4, 0.5) is 5.69 Å². The minimum absolute atomic E-state index is 0.0239. The first kappa shape index (κ1) is 14.1. The number of amides is 1. The minimum Gasteiger partial charge on any atom is -0.327 e. The van der Waals surface area contributed by atoms with E-state index in [0.717, 1.165) is 16.3 Å². The first-order valence-corrected chi connectivity index (χ1v) is 6.83. The zero-order valence-electron chi connectivity index (χ0n) is 10.6. The second kappa shape index (κ2) is 6.67. The highest BCUT2D eigenvalue weighted by molar-refractivity contribution is 7.99. The first-order valence-electron chi connectivity index (χ1n) is 5.84. The zero-order chi connectivity index (χ0) is 12.8. The third-order valence-corrected chi connectivity index (χ3v) is 3.60. The van der Waals surface area contributed by atoms with Gasteiger partial charge in [-0.05, 0) is 24.8 Å². The molecule has 0 aliphatic heterocycles. The number of carbonyl (C=O) groups is 1. The van der Waals surface area contributed by atoms with E-state index in [1.807, 2.05) is 38.1 Å². The molecule has 4 heteroatoms. The van der Waals surface area contributed by atoms with E-state index in [1.165, 1.54) is 0 Å². The van der Waals surface area contributed by atoms with Crippen LogP contribution in [0.15, 0.2) is 29.2 Å². The number of rotatable bonds is 5. The third-order valence-electron chi connectivity index (χ3n) is 2.65. The van der Waals surface area contributed by atoms with E-state index in [2.05, 4.69) is 12.2 Å². The van der Waals surface area contributed by atoms with Crippen molar-refractivity contribution in [3.63, 3.8) is 0 Å². The van der Waals surface area contributed by atoms with E-state index >= 15 is 0 Å². The summed E-state index contributed by atoms with van der Waals surface area (Å²) in [4.78, 5) is 13.0. The van der Waals surface area contributed by atoms with Gasteiger partial charge in [0.25, 0.3) is 0 Å². The van der Waals surface area contributed by atoms with Crippen LogP contribution in [0.2, 0.25) is 0 Å². The molecule has 2 unspecified atom stereocenters. The topological polar surface area (TPSA) is 55.1 Å². The van der Waals surface area contributed by atoms with Crippen LogP contribution in [0.25, 0.3) is 0 Å². The summed E-state index contributed by atoms with van der Waals surface area (Å²) in [5.74, 6) is 0.772. The molecule has 0 spiro atoms. The predicted molar refractivity (Wildman–Crippen MR) is 74.3 cm³/mol. The highest BCUT2D eigenvalue weighted by Gasteiger charge is 2.17. The van der Waals surface area contributed by atoms with E-state index in [0.29, 0.717) is 0 Å². The Kier molecular flexibility index (Phi) is 5.51. The molecular weight excluding hydrogens is 232 g/mol. The summed E-state index contributed by atoms with van der Waals surface area (Å²) < 4.78 is 0. The maximum Gasteiger partial charge on any atom is 0.228 e. The van der Waals surface area contributed by atoms with Crippen LogP contribution in [0, 0.1) is 5.92 Å². The number of nitrogens with one attached hydrogen (secondary N) is 1. The van der Waals surface area contributed by atoms with Gasteiger partial charge in [0.1, 0.15) is 0 Å². The molecular formula is C13H20N2OS. The fourth-order valence-electron chi connectivity index (χ4n) is 1.34. The fraction of sp³-hybridized carbons (Fsp3) is 0.462. The highest BCUT2D eigenvalue weighted by Crippen LogP contribution is 2.27. The van der Waals surface area contributed by atoms with Gasteiger partial charge in [-0.1, -0.05) is 26.0 Å². The SMILES string of the molecule is CCSc1ccccc1NC(=O)C(C)C(C)N. The Balaban J connectivity index is 2.77. The lowest BCUT2D eigenvalue weighted by Gasteiger charge is -2.16. The van der Waals surface area contributed by atoms with Crippen molar-refractivity contribution in [2.45, 2.75) is 31.7 Å². The summed E-state index contributed by atoms with van der Waals surface area (Å²) in [6, 6.07) is 7.69. The lowest BCUT2D eigenvalue weighted by Crippen LogP contribution is -2.34. The van der Waals surface area contributed by atoms with Crippen molar-refractivity contribution < 1.29 is 4.79 Å². The molecule has 0 fully saturated rings. The number of anilines is 1. The van der Waals surface area contributed by atoms with E-state index in [9.17, 15) is 4.79 Å².